The molecule has 0 saturated heterocycles. The van der Waals surface area contributed by atoms with Gasteiger partial charge in [0.25, 0.3) is 0 Å². The summed E-state index contributed by atoms with van der Waals surface area (Å²) in [6.45, 7) is 2.60. The highest BCUT2D eigenvalue weighted by molar-refractivity contribution is 7.99. The average Bonchev–Trinajstić information content (AvgIpc) is 2.60. The number of aromatic nitrogens is 3. The standard InChI is InChI=1S/C8H14N4O2S/c1-6(9)5-15-3-2-12-4-7(8(13)14)10-11-12/h4,6H,2-3,5,9H2,1H3,(H,13,14). The SMILES string of the molecule is CC(N)CSCCn1cc(C(=O)O)nn1. The lowest BCUT2D eigenvalue weighted by molar-refractivity contribution is 0.0690. The van der Waals surface area contributed by atoms with Gasteiger partial charge in [-0.05, 0) is 6.92 Å². The number of nitrogens with two attached hydrogens (primary N) is 1. The van der Waals surface area contributed by atoms with Gasteiger partial charge in [-0.25, -0.2) is 4.79 Å². The van der Waals surface area contributed by atoms with E-state index in [0.29, 0.717) is 6.54 Å². The molecule has 15 heavy (non-hydrogen) atoms. The summed E-state index contributed by atoms with van der Waals surface area (Å²) in [6.07, 6.45) is 1.43. The Balaban J connectivity index is 2.29. The molecule has 1 rings (SSSR count). The quantitative estimate of drug-likeness (QED) is 0.671. The maximum atomic E-state index is 10.5. The van der Waals surface area contributed by atoms with Crippen LogP contribution in [0.3, 0.4) is 0 Å². The number of carboxylic acid groups (broad SMARTS) is 1. The van der Waals surface area contributed by atoms with Crippen LogP contribution in [0.1, 0.15) is 17.4 Å². The van der Waals surface area contributed by atoms with E-state index in [4.69, 9.17) is 10.8 Å². The predicted octanol–water partition coefficient (Wildman–Crippen LogP) is 0.0567. The fraction of sp³-hybridized carbons (Fsp3) is 0.625. The first-order chi connectivity index (χ1) is 7.09. The first-order valence-corrected chi connectivity index (χ1v) is 5.72. The van der Waals surface area contributed by atoms with Gasteiger partial charge >= 0.3 is 5.97 Å². The maximum absolute atomic E-state index is 10.5. The van der Waals surface area contributed by atoms with Crippen molar-refractivity contribution in [1.29, 1.82) is 0 Å². The molecule has 0 spiro atoms. The lowest BCUT2D eigenvalue weighted by atomic mass is 10.4. The van der Waals surface area contributed by atoms with E-state index in [1.165, 1.54) is 10.9 Å². The van der Waals surface area contributed by atoms with Crippen LogP contribution in [0.15, 0.2) is 6.20 Å². The van der Waals surface area contributed by atoms with Crippen LogP contribution in [-0.4, -0.2) is 43.6 Å². The molecule has 0 saturated carbocycles. The highest BCUT2D eigenvalue weighted by Gasteiger charge is 2.07. The fourth-order valence-corrected chi connectivity index (χ4v) is 1.79. The zero-order chi connectivity index (χ0) is 11.3. The molecule has 1 aromatic rings. The Labute approximate surface area is 91.8 Å². The molecule has 0 radical (unpaired) electrons. The van der Waals surface area contributed by atoms with Crippen LogP contribution < -0.4 is 5.73 Å². The normalized spacial score (nSPS) is 12.7. The molecule has 0 amide bonds. The zero-order valence-electron chi connectivity index (χ0n) is 8.46. The Bertz CT molecular complexity index is 326. The van der Waals surface area contributed by atoms with E-state index in [1.54, 1.807) is 11.8 Å². The van der Waals surface area contributed by atoms with Crippen LogP contribution in [0, 0.1) is 0 Å². The van der Waals surface area contributed by atoms with E-state index in [-0.39, 0.29) is 11.7 Å². The molecule has 6 nitrogen and oxygen atoms in total. The summed E-state index contributed by atoms with van der Waals surface area (Å²) in [5.41, 5.74) is 5.56. The molecule has 0 bridgehead atoms. The van der Waals surface area contributed by atoms with E-state index in [9.17, 15) is 4.79 Å². The second-order valence-electron chi connectivity index (χ2n) is 3.22. The molecule has 0 fully saturated rings. The number of aromatic carboxylic acids is 1. The molecule has 0 aromatic carbocycles. The zero-order valence-corrected chi connectivity index (χ0v) is 9.28. The lowest BCUT2D eigenvalue weighted by Gasteiger charge is -2.03. The number of hydrogen-bond acceptors (Lipinski definition) is 5. The smallest absolute Gasteiger partial charge is 0.358 e. The maximum Gasteiger partial charge on any atom is 0.358 e. The van der Waals surface area contributed by atoms with Crippen molar-refractivity contribution in [3.8, 4) is 0 Å². The minimum atomic E-state index is -1.05. The number of thioether (sulfide) groups is 1. The summed E-state index contributed by atoms with van der Waals surface area (Å²) < 4.78 is 1.53. The summed E-state index contributed by atoms with van der Waals surface area (Å²) in [6, 6.07) is 0.181. The molecule has 7 heteroatoms. The third-order valence-corrected chi connectivity index (χ3v) is 2.84. The fourth-order valence-electron chi connectivity index (χ4n) is 0.933. The average molecular weight is 230 g/mol. The highest BCUT2D eigenvalue weighted by atomic mass is 32.2. The number of carboxylic acids is 1. The van der Waals surface area contributed by atoms with Crippen molar-refractivity contribution < 1.29 is 9.90 Å². The van der Waals surface area contributed by atoms with E-state index < -0.39 is 5.97 Å². The Morgan fingerprint density at radius 3 is 3.07 bits per heavy atom. The second-order valence-corrected chi connectivity index (χ2v) is 4.37. The summed E-state index contributed by atoms with van der Waals surface area (Å²) in [7, 11) is 0. The van der Waals surface area contributed by atoms with E-state index >= 15 is 0 Å². The minimum absolute atomic E-state index is 0.0211. The molecular weight excluding hydrogens is 216 g/mol. The topological polar surface area (TPSA) is 94.0 Å². The van der Waals surface area contributed by atoms with Crippen LogP contribution in [0.25, 0.3) is 0 Å². The van der Waals surface area contributed by atoms with Gasteiger partial charge in [0.1, 0.15) is 0 Å². The van der Waals surface area contributed by atoms with Crippen LogP contribution in [0.5, 0.6) is 0 Å². The van der Waals surface area contributed by atoms with E-state index in [2.05, 4.69) is 10.3 Å². The van der Waals surface area contributed by atoms with Crippen molar-refractivity contribution in [3.05, 3.63) is 11.9 Å². The third-order valence-electron chi connectivity index (χ3n) is 1.60. The lowest BCUT2D eigenvalue weighted by Crippen LogP contribution is -2.18. The van der Waals surface area contributed by atoms with Gasteiger partial charge in [-0.15, -0.1) is 5.10 Å². The van der Waals surface area contributed by atoms with E-state index in [1.807, 2.05) is 6.92 Å². The molecule has 3 N–H and O–H groups in total. The van der Waals surface area contributed by atoms with Gasteiger partial charge in [0.2, 0.25) is 0 Å². The Morgan fingerprint density at radius 2 is 2.53 bits per heavy atom. The van der Waals surface area contributed by atoms with Gasteiger partial charge < -0.3 is 10.8 Å². The van der Waals surface area contributed by atoms with Crippen LogP contribution in [0.4, 0.5) is 0 Å². The summed E-state index contributed by atoms with van der Waals surface area (Å²) in [5, 5.41) is 15.8. The molecule has 1 unspecified atom stereocenters. The van der Waals surface area contributed by atoms with Crippen molar-refractivity contribution in [3.63, 3.8) is 0 Å². The summed E-state index contributed by atoms with van der Waals surface area (Å²) in [5.74, 6) is 0.689. The van der Waals surface area contributed by atoms with Crippen molar-refractivity contribution in [2.24, 2.45) is 5.73 Å². The van der Waals surface area contributed by atoms with E-state index in [0.717, 1.165) is 11.5 Å². The van der Waals surface area contributed by atoms with Gasteiger partial charge in [0.15, 0.2) is 5.69 Å². The van der Waals surface area contributed by atoms with Crippen molar-refractivity contribution in [2.75, 3.05) is 11.5 Å². The van der Waals surface area contributed by atoms with Crippen molar-refractivity contribution in [2.45, 2.75) is 19.5 Å². The molecule has 0 aliphatic heterocycles. The first kappa shape index (κ1) is 12.0. The van der Waals surface area contributed by atoms with Gasteiger partial charge in [0, 0.05) is 17.5 Å². The molecule has 0 aliphatic rings. The van der Waals surface area contributed by atoms with Crippen LogP contribution in [-0.2, 0) is 6.54 Å². The molecule has 1 aromatic heterocycles. The number of rotatable bonds is 6. The summed E-state index contributed by atoms with van der Waals surface area (Å²) in [4.78, 5) is 10.5. The number of aryl methyl sites for hydroxylation is 1. The molecule has 1 atom stereocenters. The molecule has 0 aliphatic carbocycles. The minimum Gasteiger partial charge on any atom is -0.476 e. The number of carbonyl (C=O) groups is 1. The van der Waals surface area contributed by atoms with Gasteiger partial charge in [-0.2, -0.15) is 11.8 Å². The second kappa shape index (κ2) is 5.72. The first-order valence-electron chi connectivity index (χ1n) is 4.56. The molecular formula is C8H14N4O2S. The van der Waals surface area contributed by atoms with Gasteiger partial charge in [-0.1, -0.05) is 5.21 Å². The third kappa shape index (κ3) is 4.30. The van der Waals surface area contributed by atoms with Crippen LogP contribution >= 0.6 is 11.8 Å². The Kier molecular flexibility index (Phi) is 4.57. The van der Waals surface area contributed by atoms with Crippen molar-refractivity contribution in [1.82, 2.24) is 15.0 Å². The highest BCUT2D eigenvalue weighted by Crippen LogP contribution is 2.02. The van der Waals surface area contributed by atoms with Crippen molar-refractivity contribution >= 4 is 17.7 Å². The number of hydrogen-bond donors (Lipinski definition) is 2. The van der Waals surface area contributed by atoms with Gasteiger partial charge in [0.05, 0.1) is 12.7 Å². The monoisotopic (exact) mass is 230 g/mol. The predicted molar refractivity (Wildman–Crippen MR) is 58.0 cm³/mol. The number of nitrogens with zero attached hydrogens (tertiary/aromatic N) is 3. The summed E-state index contributed by atoms with van der Waals surface area (Å²) >= 11 is 1.71. The van der Waals surface area contributed by atoms with Gasteiger partial charge in [-0.3, -0.25) is 4.68 Å². The molecule has 84 valence electrons. The Morgan fingerprint density at radius 1 is 1.80 bits per heavy atom. The Hall–Kier alpha value is -1.08. The van der Waals surface area contributed by atoms with Crippen LogP contribution in [0.2, 0.25) is 0 Å². The molecule has 1 heterocycles. The largest absolute Gasteiger partial charge is 0.476 e.